The molecule has 0 fully saturated rings. The number of hydrogen-bond donors (Lipinski definition) is 1. The lowest BCUT2D eigenvalue weighted by Gasteiger charge is -2.05. The first-order valence-corrected chi connectivity index (χ1v) is 6.45. The topological polar surface area (TPSA) is 59.1 Å². The lowest BCUT2D eigenvalue weighted by molar-refractivity contribution is 0.602. The van der Waals surface area contributed by atoms with E-state index in [0.29, 0.717) is 17.4 Å². The molecule has 1 N–H and O–H groups in total. The number of sulfone groups is 1. The Morgan fingerprint density at radius 3 is 2.86 bits per heavy atom. The molecular weight excluding hydrogens is 224 g/mol. The molecule has 0 aliphatic heterocycles. The first-order valence-electron chi connectivity index (χ1n) is 4.01. The van der Waals surface area contributed by atoms with Crippen molar-refractivity contribution in [1.29, 1.82) is 0 Å². The number of halogens is 1. The molecule has 4 nitrogen and oxygen atoms in total. The van der Waals surface area contributed by atoms with Crippen molar-refractivity contribution in [2.75, 3.05) is 23.9 Å². The van der Waals surface area contributed by atoms with Crippen LogP contribution in [0.25, 0.3) is 0 Å². The number of nitrogens with zero attached hydrogens (tertiary/aromatic N) is 1. The van der Waals surface area contributed by atoms with E-state index in [1.54, 1.807) is 18.3 Å². The Bertz CT molecular complexity index is 406. The summed E-state index contributed by atoms with van der Waals surface area (Å²) in [5.41, 5.74) is 0. The van der Waals surface area contributed by atoms with Crippen molar-refractivity contribution >= 4 is 27.3 Å². The zero-order chi connectivity index (χ0) is 10.6. The van der Waals surface area contributed by atoms with Crippen molar-refractivity contribution in [1.82, 2.24) is 4.98 Å². The van der Waals surface area contributed by atoms with Gasteiger partial charge in [-0.05, 0) is 12.1 Å². The van der Waals surface area contributed by atoms with Crippen LogP contribution in [-0.4, -0.2) is 32.0 Å². The first kappa shape index (κ1) is 11.3. The largest absolute Gasteiger partial charge is 0.368 e. The number of aromatic nitrogens is 1. The van der Waals surface area contributed by atoms with Crippen LogP contribution >= 0.6 is 11.6 Å². The van der Waals surface area contributed by atoms with E-state index in [1.165, 1.54) is 6.26 Å². The van der Waals surface area contributed by atoms with E-state index in [0.717, 1.165) is 0 Å². The highest BCUT2D eigenvalue weighted by Crippen LogP contribution is 2.16. The van der Waals surface area contributed by atoms with E-state index >= 15 is 0 Å². The standard InChI is InChI=1S/C8H11ClN2O2S/c1-14(12,13)6-5-11-8-7(9)3-2-4-10-8/h2-4H,5-6H2,1H3,(H,10,11). The molecule has 1 heterocycles. The Balaban J connectivity index is 2.51. The van der Waals surface area contributed by atoms with Crippen LogP contribution in [0.15, 0.2) is 18.3 Å². The quantitative estimate of drug-likeness (QED) is 0.850. The van der Waals surface area contributed by atoms with Gasteiger partial charge in [-0.15, -0.1) is 0 Å². The third-order valence-electron chi connectivity index (χ3n) is 1.52. The summed E-state index contributed by atoms with van der Waals surface area (Å²) in [6.45, 7) is 0.315. The number of nitrogens with one attached hydrogen (secondary N) is 1. The number of hydrogen-bond acceptors (Lipinski definition) is 4. The Morgan fingerprint density at radius 1 is 1.57 bits per heavy atom. The Hall–Kier alpha value is -0.810. The van der Waals surface area contributed by atoms with Crippen molar-refractivity contribution < 1.29 is 8.42 Å². The molecule has 0 saturated carbocycles. The average Bonchev–Trinajstić information content (AvgIpc) is 2.06. The molecule has 1 aromatic heterocycles. The molecule has 0 amide bonds. The highest BCUT2D eigenvalue weighted by atomic mass is 35.5. The van der Waals surface area contributed by atoms with Gasteiger partial charge in [-0.25, -0.2) is 13.4 Å². The van der Waals surface area contributed by atoms with Gasteiger partial charge in [0.05, 0.1) is 10.8 Å². The predicted octanol–water partition coefficient (Wildman–Crippen LogP) is 1.19. The molecule has 0 radical (unpaired) electrons. The molecular formula is C8H11ClN2O2S. The average molecular weight is 235 g/mol. The summed E-state index contributed by atoms with van der Waals surface area (Å²) in [4.78, 5) is 3.96. The summed E-state index contributed by atoms with van der Waals surface area (Å²) in [6.07, 6.45) is 2.78. The summed E-state index contributed by atoms with van der Waals surface area (Å²) < 4.78 is 21.6. The van der Waals surface area contributed by atoms with Gasteiger partial charge in [0.2, 0.25) is 0 Å². The second-order valence-corrected chi connectivity index (χ2v) is 5.56. The fourth-order valence-electron chi connectivity index (χ4n) is 0.871. The molecule has 0 saturated heterocycles. The number of pyridine rings is 1. The van der Waals surface area contributed by atoms with Crippen LogP contribution in [0.1, 0.15) is 0 Å². The highest BCUT2D eigenvalue weighted by Gasteiger charge is 2.03. The second-order valence-electron chi connectivity index (χ2n) is 2.89. The number of anilines is 1. The van der Waals surface area contributed by atoms with Gasteiger partial charge in [-0.3, -0.25) is 0 Å². The van der Waals surface area contributed by atoms with Crippen LogP contribution in [0.3, 0.4) is 0 Å². The number of rotatable bonds is 4. The Morgan fingerprint density at radius 2 is 2.29 bits per heavy atom. The Labute approximate surface area is 88.2 Å². The van der Waals surface area contributed by atoms with Gasteiger partial charge in [-0.1, -0.05) is 11.6 Å². The van der Waals surface area contributed by atoms with Gasteiger partial charge in [0.25, 0.3) is 0 Å². The van der Waals surface area contributed by atoms with Crippen molar-refractivity contribution in [2.24, 2.45) is 0 Å². The van der Waals surface area contributed by atoms with Gasteiger partial charge < -0.3 is 5.32 Å². The second kappa shape index (κ2) is 4.61. The van der Waals surface area contributed by atoms with E-state index in [9.17, 15) is 8.42 Å². The van der Waals surface area contributed by atoms with Crippen LogP contribution in [0, 0.1) is 0 Å². The van der Waals surface area contributed by atoms with E-state index in [2.05, 4.69) is 10.3 Å². The smallest absolute Gasteiger partial charge is 0.149 e. The highest BCUT2D eigenvalue weighted by molar-refractivity contribution is 7.90. The minimum atomic E-state index is -2.94. The molecule has 0 atom stereocenters. The van der Waals surface area contributed by atoms with Gasteiger partial charge in [0.15, 0.2) is 0 Å². The lowest BCUT2D eigenvalue weighted by atomic mass is 10.4. The molecule has 6 heteroatoms. The molecule has 1 rings (SSSR count). The van der Waals surface area contributed by atoms with Crippen LogP contribution < -0.4 is 5.32 Å². The third-order valence-corrected chi connectivity index (χ3v) is 2.77. The molecule has 0 aliphatic carbocycles. The summed E-state index contributed by atoms with van der Waals surface area (Å²) in [7, 11) is -2.94. The first-order chi connectivity index (χ1) is 6.49. The molecule has 0 aromatic carbocycles. The van der Waals surface area contributed by atoms with Crippen LogP contribution in [-0.2, 0) is 9.84 Å². The maximum atomic E-state index is 10.8. The Kier molecular flexibility index (Phi) is 3.71. The summed E-state index contributed by atoms with van der Waals surface area (Å²) >= 11 is 5.80. The lowest BCUT2D eigenvalue weighted by Crippen LogP contribution is -2.14. The van der Waals surface area contributed by atoms with Crippen molar-refractivity contribution in [2.45, 2.75) is 0 Å². The van der Waals surface area contributed by atoms with Crippen LogP contribution in [0.2, 0.25) is 5.02 Å². The van der Waals surface area contributed by atoms with Gasteiger partial charge in [0, 0.05) is 19.0 Å². The summed E-state index contributed by atoms with van der Waals surface area (Å²) in [5.74, 6) is 0.581. The zero-order valence-corrected chi connectivity index (χ0v) is 9.27. The third kappa shape index (κ3) is 3.93. The van der Waals surface area contributed by atoms with Crippen molar-refractivity contribution in [3.63, 3.8) is 0 Å². The van der Waals surface area contributed by atoms with Crippen molar-refractivity contribution in [3.8, 4) is 0 Å². The fourth-order valence-corrected chi connectivity index (χ4v) is 1.53. The minimum Gasteiger partial charge on any atom is -0.368 e. The predicted molar refractivity (Wildman–Crippen MR) is 57.4 cm³/mol. The van der Waals surface area contributed by atoms with E-state index in [4.69, 9.17) is 11.6 Å². The molecule has 0 unspecified atom stereocenters. The fraction of sp³-hybridized carbons (Fsp3) is 0.375. The molecule has 0 bridgehead atoms. The SMILES string of the molecule is CS(=O)(=O)CCNc1ncccc1Cl. The molecule has 1 aromatic rings. The minimum absolute atomic E-state index is 0.0693. The molecule has 78 valence electrons. The summed E-state index contributed by atoms with van der Waals surface area (Å²) in [6, 6.07) is 3.40. The van der Waals surface area contributed by atoms with E-state index < -0.39 is 9.84 Å². The summed E-state index contributed by atoms with van der Waals surface area (Å²) in [5, 5.41) is 3.33. The maximum Gasteiger partial charge on any atom is 0.149 e. The molecule has 14 heavy (non-hydrogen) atoms. The van der Waals surface area contributed by atoms with Crippen LogP contribution in [0.5, 0.6) is 0 Å². The maximum absolute atomic E-state index is 10.8. The normalized spacial score (nSPS) is 11.3. The monoisotopic (exact) mass is 234 g/mol. The van der Waals surface area contributed by atoms with Gasteiger partial charge >= 0.3 is 0 Å². The zero-order valence-electron chi connectivity index (χ0n) is 7.70. The van der Waals surface area contributed by atoms with Gasteiger partial charge in [-0.2, -0.15) is 0 Å². The van der Waals surface area contributed by atoms with Crippen LogP contribution in [0.4, 0.5) is 5.82 Å². The van der Waals surface area contributed by atoms with E-state index in [1.807, 2.05) is 0 Å². The van der Waals surface area contributed by atoms with E-state index in [-0.39, 0.29) is 5.75 Å². The van der Waals surface area contributed by atoms with Gasteiger partial charge in [0.1, 0.15) is 15.7 Å². The molecule has 0 aliphatic rings. The van der Waals surface area contributed by atoms with Crippen molar-refractivity contribution in [3.05, 3.63) is 23.4 Å². The molecule has 0 spiro atoms.